The molecule has 0 saturated carbocycles. The van der Waals surface area contributed by atoms with Crippen LogP contribution < -0.4 is 10.6 Å². The maximum absolute atomic E-state index is 13.1. The highest BCUT2D eigenvalue weighted by Gasteiger charge is 2.17. The molecule has 0 aliphatic carbocycles. The summed E-state index contributed by atoms with van der Waals surface area (Å²) in [7, 11) is 1.56. The zero-order valence-electron chi connectivity index (χ0n) is 9.89. The third kappa shape index (κ3) is 2.41. The average Bonchev–Trinajstić information content (AvgIpc) is 2.85. The van der Waals surface area contributed by atoms with Gasteiger partial charge in [0.05, 0.1) is 6.54 Å². The summed E-state index contributed by atoms with van der Waals surface area (Å²) in [4.78, 5) is 13.4. The van der Waals surface area contributed by atoms with Crippen molar-refractivity contribution in [1.82, 2.24) is 0 Å². The van der Waals surface area contributed by atoms with Crippen LogP contribution in [0.25, 0.3) is 0 Å². The van der Waals surface area contributed by atoms with Crippen LogP contribution >= 0.6 is 0 Å². The zero-order valence-corrected chi connectivity index (χ0v) is 9.89. The van der Waals surface area contributed by atoms with Crippen molar-refractivity contribution >= 4 is 11.6 Å². The van der Waals surface area contributed by atoms with E-state index in [2.05, 4.69) is 0 Å². The molecule has 0 unspecified atom stereocenters. The van der Waals surface area contributed by atoms with E-state index in [-0.39, 0.29) is 18.2 Å². The monoisotopic (exact) mass is 248 g/mol. The summed E-state index contributed by atoms with van der Waals surface area (Å²) in [6, 6.07) is 8.99. The Balaban J connectivity index is 2.23. The molecule has 0 aliphatic rings. The number of rotatable bonds is 3. The van der Waals surface area contributed by atoms with E-state index in [1.807, 2.05) is 0 Å². The van der Waals surface area contributed by atoms with Gasteiger partial charge in [-0.3, -0.25) is 4.79 Å². The molecule has 1 aromatic heterocycles. The second-order valence-corrected chi connectivity index (χ2v) is 3.81. The van der Waals surface area contributed by atoms with Gasteiger partial charge in [-0.1, -0.05) is 6.07 Å². The highest BCUT2D eigenvalue weighted by molar-refractivity contribution is 6.03. The largest absolute Gasteiger partial charge is 0.455 e. The molecule has 1 heterocycles. The molecule has 5 heteroatoms. The summed E-state index contributed by atoms with van der Waals surface area (Å²) >= 11 is 0. The highest BCUT2D eigenvalue weighted by atomic mass is 19.1. The number of nitrogens with two attached hydrogens (primary N) is 1. The second kappa shape index (κ2) is 5.01. The number of halogens is 1. The van der Waals surface area contributed by atoms with Crippen molar-refractivity contribution in [2.75, 3.05) is 11.9 Å². The van der Waals surface area contributed by atoms with Gasteiger partial charge in [-0.2, -0.15) is 0 Å². The Labute approximate surface area is 104 Å². The summed E-state index contributed by atoms with van der Waals surface area (Å²) in [6.07, 6.45) is 0. The third-order valence-corrected chi connectivity index (χ3v) is 2.57. The molecular weight excluding hydrogens is 235 g/mol. The molecule has 2 N–H and O–H groups in total. The average molecular weight is 248 g/mol. The fourth-order valence-corrected chi connectivity index (χ4v) is 1.57. The predicted molar refractivity (Wildman–Crippen MR) is 65.7 cm³/mol. The first kappa shape index (κ1) is 12.3. The van der Waals surface area contributed by atoms with E-state index in [9.17, 15) is 9.18 Å². The minimum atomic E-state index is -0.394. The quantitative estimate of drug-likeness (QED) is 0.905. The molecule has 0 saturated heterocycles. The first-order chi connectivity index (χ1) is 8.61. The van der Waals surface area contributed by atoms with Crippen molar-refractivity contribution in [3.05, 3.63) is 53.7 Å². The lowest BCUT2D eigenvalue weighted by Crippen LogP contribution is -2.25. The van der Waals surface area contributed by atoms with Gasteiger partial charge in [-0.05, 0) is 30.3 Å². The number of anilines is 1. The van der Waals surface area contributed by atoms with E-state index >= 15 is 0 Å². The SMILES string of the molecule is CN(C(=O)c1ccc(CN)o1)c1cccc(F)c1. The van der Waals surface area contributed by atoms with Crippen LogP contribution in [0, 0.1) is 5.82 Å². The highest BCUT2D eigenvalue weighted by Crippen LogP contribution is 2.17. The number of hydrogen-bond donors (Lipinski definition) is 1. The first-order valence-corrected chi connectivity index (χ1v) is 5.44. The van der Waals surface area contributed by atoms with Gasteiger partial charge in [0.25, 0.3) is 5.91 Å². The first-order valence-electron chi connectivity index (χ1n) is 5.44. The van der Waals surface area contributed by atoms with Crippen molar-refractivity contribution in [1.29, 1.82) is 0 Å². The van der Waals surface area contributed by atoms with Crippen molar-refractivity contribution in [2.24, 2.45) is 5.73 Å². The van der Waals surface area contributed by atoms with Gasteiger partial charge in [0.2, 0.25) is 0 Å². The molecular formula is C13H13FN2O2. The fourth-order valence-electron chi connectivity index (χ4n) is 1.57. The van der Waals surface area contributed by atoms with Crippen molar-refractivity contribution < 1.29 is 13.6 Å². The number of carbonyl (C=O) groups is 1. The molecule has 1 amide bonds. The maximum atomic E-state index is 13.1. The van der Waals surface area contributed by atoms with Crippen molar-refractivity contribution in [2.45, 2.75) is 6.54 Å². The lowest BCUT2D eigenvalue weighted by atomic mass is 10.2. The molecule has 0 fully saturated rings. The van der Waals surface area contributed by atoms with Gasteiger partial charge < -0.3 is 15.1 Å². The Morgan fingerprint density at radius 1 is 1.39 bits per heavy atom. The van der Waals surface area contributed by atoms with Crippen LogP contribution in [-0.4, -0.2) is 13.0 Å². The van der Waals surface area contributed by atoms with Gasteiger partial charge >= 0.3 is 0 Å². The molecule has 0 radical (unpaired) electrons. The van der Waals surface area contributed by atoms with E-state index in [1.54, 1.807) is 31.3 Å². The van der Waals surface area contributed by atoms with Gasteiger partial charge in [-0.15, -0.1) is 0 Å². The maximum Gasteiger partial charge on any atom is 0.293 e. The summed E-state index contributed by atoms with van der Waals surface area (Å²) in [5.41, 5.74) is 5.87. The molecule has 4 nitrogen and oxygen atoms in total. The van der Waals surface area contributed by atoms with E-state index < -0.39 is 5.82 Å². The van der Waals surface area contributed by atoms with E-state index in [0.29, 0.717) is 11.4 Å². The molecule has 2 aromatic rings. The van der Waals surface area contributed by atoms with Gasteiger partial charge in [0.15, 0.2) is 5.76 Å². The van der Waals surface area contributed by atoms with E-state index in [4.69, 9.17) is 10.2 Å². The van der Waals surface area contributed by atoms with Crippen LogP contribution in [0.3, 0.4) is 0 Å². The van der Waals surface area contributed by atoms with Crippen LogP contribution in [0.5, 0.6) is 0 Å². The van der Waals surface area contributed by atoms with Crippen LogP contribution in [0.2, 0.25) is 0 Å². The van der Waals surface area contributed by atoms with E-state index in [0.717, 1.165) is 0 Å². The third-order valence-electron chi connectivity index (χ3n) is 2.57. The smallest absolute Gasteiger partial charge is 0.293 e. The summed E-state index contributed by atoms with van der Waals surface area (Å²) in [6.45, 7) is 0.233. The van der Waals surface area contributed by atoms with Crippen LogP contribution in [0.1, 0.15) is 16.3 Å². The minimum absolute atomic E-state index is 0.183. The Bertz CT molecular complexity index is 566. The Morgan fingerprint density at radius 2 is 2.17 bits per heavy atom. The zero-order chi connectivity index (χ0) is 13.1. The molecule has 0 aliphatic heterocycles. The predicted octanol–water partition coefficient (Wildman–Crippen LogP) is 2.15. The number of furan rings is 1. The molecule has 0 atom stereocenters. The number of nitrogens with zero attached hydrogens (tertiary/aromatic N) is 1. The lowest BCUT2D eigenvalue weighted by Gasteiger charge is -2.15. The number of hydrogen-bond acceptors (Lipinski definition) is 3. The Morgan fingerprint density at radius 3 is 2.78 bits per heavy atom. The molecule has 94 valence electrons. The molecule has 2 rings (SSSR count). The molecule has 18 heavy (non-hydrogen) atoms. The number of benzene rings is 1. The van der Waals surface area contributed by atoms with E-state index in [1.165, 1.54) is 17.0 Å². The standard InChI is InChI=1S/C13H13FN2O2/c1-16(10-4-2-3-9(14)7-10)13(17)12-6-5-11(8-15)18-12/h2-7H,8,15H2,1H3. The van der Waals surface area contributed by atoms with Crippen molar-refractivity contribution in [3.8, 4) is 0 Å². The van der Waals surface area contributed by atoms with Gasteiger partial charge in [-0.25, -0.2) is 4.39 Å². The molecule has 0 bridgehead atoms. The van der Waals surface area contributed by atoms with Gasteiger partial charge in [0, 0.05) is 12.7 Å². The lowest BCUT2D eigenvalue weighted by molar-refractivity contribution is 0.0965. The summed E-state index contributed by atoms with van der Waals surface area (Å²) < 4.78 is 18.3. The summed E-state index contributed by atoms with van der Waals surface area (Å²) in [5.74, 6) is -0.0252. The van der Waals surface area contributed by atoms with Crippen molar-refractivity contribution in [3.63, 3.8) is 0 Å². The number of amides is 1. The molecule has 1 aromatic carbocycles. The Kier molecular flexibility index (Phi) is 3.43. The topological polar surface area (TPSA) is 59.5 Å². The fraction of sp³-hybridized carbons (Fsp3) is 0.154. The number of carbonyl (C=O) groups excluding carboxylic acids is 1. The molecule has 0 spiro atoms. The van der Waals surface area contributed by atoms with Gasteiger partial charge in [0.1, 0.15) is 11.6 Å². The summed E-state index contributed by atoms with van der Waals surface area (Å²) in [5, 5.41) is 0. The van der Waals surface area contributed by atoms with Crippen LogP contribution in [-0.2, 0) is 6.54 Å². The van der Waals surface area contributed by atoms with Crippen LogP contribution in [0.4, 0.5) is 10.1 Å². The Hall–Kier alpha value is -2.14. The van der Waals surface area contributed by atoms with Crippen LogP contribution in [0.15, 0.2) is 40.8 Å². The second-order valence-electron chi connectivity index (χ2n) is 3.81. The minimum Gasteiger partial charge on any atom is -0.455 e. The normalized spacial score (nSPS) is 10.4.